The molecule has 2 amide bonds. The molecule has 1 fully saturated rings. The van der Waals surface area contributed by atoms with E-state index < -0.39 is 0 Å². The minimum Gasteiger partial charge on any atom is -0.482 e. The Labute approximate surface area is 122 Å². The number of carbonyl (C=O) groups is 2. The van der Waals surface area contributed by atoms with Gasteiger partial charge in [0.1, 0.15) is 5.75 Å². The summed E-state index contributed by atoms with van der Waals surface area (Å²) in [4.78, 5) is 25.5. The Bertz CT molecular complexity index is 587. The molecule has 0 aliphatic carbocycles. The van der Waals surface area contributed by atoms with Gasteiger partial charge < -0.3 is 20.1 Å². The first-order valence-electron chi connectivity index (χ1n) is 7.08. The molecule has 6 heteroatoms. The fourth-order valence-electron chi connectivity index (χ4n) is 2.71. The van der Waals surface area contributed by atoms with Crippen LogP contribution in [0.5, 0.6) is 5.75 Å². The van der Waals surface area contributed by atoms with Crippen LogP contribution in [-0.4, -0.2) is 47.6 Å². The largest absolute Gasteiger partial charge is 0.482 e. The maximum absolute atomic E-state index is 12.5. The van der Waals surface area contributed by atoms with Gasteiger partial charge in [0.2, 0.25) is 0 Å². The summed E-state index contributed by atoms with van der Waals surface area (Å²) in [6.45, 7) is 3.01. The molecule has 0 radical (unpaired) electrons. The molecule has 2 aliphatic rings. The third-order valence-corrected chi connectivity index (χ3v) is 4.01. The standard InChI is InChI=1S/C15H18N2O4/c1-9-7-17(5-4-12(9)18)15(20)10-2-3-11-13(6-10)21-8-14(19)16-11/h2-3,6,9,12,18H,4-5,7-8H2,1H3,(H,16,19). The Kier molecular flexibility index (Phi) is 3.55. The van der Waals surface area contributed by atoms with Crippen LogP contribution in [0.2, 0.25) is 0 Å². The topological polar surface area (TPSA) is 78.9 Å². The van der Waals surface area contributed by atoms with E-state index in [9.17, 15) is 14.7 Å². The number of rotatable bonds is 1. The fourth-order valence-corrected chi connectivity index (χ4v) is 2.71. The molecule has 2 N–H and O–H groups in total. The number of aliphatic hydroxyl groups is 1. The van der Waals surface area contributed by atoms with Crippen molar-refractivity contribution in [3.05, 3.63) is 23.8 Å². The number of carbonyl (C=O) groups excluding carboxylic acids is 2. The zero-order chi connectivity index (χ0) is 15.0. The first-order valence-corrected chi connectivity index (χ1v) is 7.08. The summed E-state index contributed by atoms with van der Waals surface area (Å²) in [5, 5.41) is 12.4. The molecule has 0 saturated carbocycles. The summed E-state index contributed by atoms with van der Waals surface area (Å²) in [5.41, 5.74) is 1.12. The van der Waals surface area contributed by atoms with Gasteiger partial charge in [-0.1, -0.05) is 6.92 Å². The number of nitrogens with one attached hydrogen (secondary N) is 1. The number of piperidine rings is 1. The van der Waals surface area contributed by atoms with Crippen LogP contribution in [-0.2, 0) is 4.79 Å². The minimum absolute atomic E-state index is 0.0302. The lowest BCUT2D eigenvalue weighted by Crippen LogP contribution is -2.45. The second-order valence-electron chi connectivity index (χ2n) is 5.63. The quantitative estimate of drug-likeness (QED) is 0.804. The predicted octanol–water partition coefficient (Wildman–Crippen LogP) is 0.860. The van der Waals surface area contributed by atoms with Crippen molar-refractivity contribution in [2.45, 2.75) is 19.4 Å². The molecular formula is C15H18N2O4. The molecular weight excluding hydrogens is 272 g/mol. The molecule has 0 spiro atoms. The van der Waals surface area contributed by atoms with E-state index >= 15 is 0 Å². The molecule has 2 heterocycles. The molecule has 1 saturated heterocycles. The van der Waals surface area contributed by atoms with Crippen LogP contribution in [0.1, 0.15) is 23.7 Å². The number of anilines is 1. The Morgan fingerprint density at radius 2 is 2.29 bits per heavy atom. The smallest absolute Gasteiger partial charge is 0.262 e. The van der Waals surface area contributed by atoms with Crippen molar-refractivity contribution in [2.24, 2.45) is 5.92 Å². The number of likely N-dealkylation sites (tertiary alicyclic amines) is 1. The zero-order valence-electron chi connectivity index (χ0n) is 11.8. The average molecular weight is 290 g/mol. The summed E-state index contributed by atoms with van der Waals surface area (Å²) in [5.74, 6) is 0.332. The van der Waals surface area contributed by atoms with Crippen molar-refractivity contribution in [2.75, 3.05) is 25.0 Å². The molecule has 112 valence electrons. The number of hydrogen-bond donors (Lipinski definition) is 2. The van der Waals surface area contributed by atoms with Crippen LogP contribution in [0, 0.1) is 5.92 Å². The first kappa shape index (κ1) is 13.9. The van der Waals surface area contributed by atoms with E-state index in [0.29, 0.717) is 36.5 Å². The lowest BCUT2D eigenvalue weighted by atomic mass is 9.96. The van der Waals surface area contributed by atoms with Gasteiger partial charge in [0.05, 0.1) is 11.8 Å². The number of benzene rings is 1. The molecule has 2 atom stereocenters. The van der Waals surface area contributed by atoms with E-state index in [4.69, 9.17) is 4.74 Å². The summed E-state index contributed by atoms with van der Waals surface area (Å²) in [7, 11) is 0. The van der Waals surface area contributed by atoms with Gasteiger partial charge in [0, 0.05) is 18.7 Å². The maximum atomic E-state index is 12.5. The number of amides is 2. The van der Waals surface area contributed by atoms with Crippen molar-refractivity contribution in [1.82, 2.24) is 4.90 Å². The van der Waals surface area contributed by atoms with Crippen molar-refractivity contribution in [1.29, 1.82) is 0 Å². The molecule has 6 nitrogen and oxygen atoms in total. The Hall–Kier alpha value is -2.08. The van der Waals surface area contributed by atoms with Crippen LogP contribution >= 0.6 is 0 Å². The third-order valence-electron chi connectivity index (χ3n) is 4.01. The van der Waals surface area contributed by atoms with Gasteiger partial charge in [0.15, 0.2) is 6.61 Å². The number of aliphatic hydroxyl groups excluding tert-OH is 1. The maximum Gasteiger partial charge on any atom is 0.262 e. The second-order valence-corrected chi connectivity index (χ2v) is 5.63. The molecule has 2 aliphatic heterocycles. The van der Waals surface area contributed by atoms with E-state index in [0.717, 1.165) is 0 Å². The molecule has 3 rings (SSSR count). The summed E-state index contributed by atoms with van der Waals surface area (Å²) >= 11 is 0. The van der Waals surface area contributed by atoms with Crippen LogP contribution in [0.4, 0.5) is 5.69 Å². The van der Waals surface area contributed by atoms with Gasteiger partial charge >= 0.3 is 0 Å². The van der Waals surface area contributed by atoms with Crippen molar-refractivity contribution >= 4 is 17.5 Å². The highest BCUT2D eigenvalue weighted by Crippen LogP contribution is 2.29. The highest BCUT2D eigenvalue weighted by molar-refractivity contribution is 5.99. The number of ether oxygens (including phenoxy) is 1. The normalized spacial score (nSPS) is 24.9. The number of hydrogen-bond acceptors (Lipinski definition) is 4. The second kappa shape index (κ2) is 5.37. The van der Waals surface area contributed by atoms with E-state index in [-0.39, 0.29) is 30.4 Å². The van der Waals surface area contributed by atoms with Gasteiger partial charge in [-0.2, -0.15) is 0 Å². The van der Waals surface area contributed by atoms with E-state index in [1.807, 2.05) is 6.92 Å². The highest BCUT2D eigenvalue weighted by atomic mass is 16.5. The molecule has 1 aromatic carbocycles. The fraction of sp³-hybridized carbons (Fsp3) is 0.467. The van der Waals surface area contributed by atoms with Gasteiger partial charge in [-0.05, 0) is 30.5 Å². The summed E-state index contributed by atoms with van der Waals surface area (Å²) in [6.07, 6.45) is 0.265. The molecule has 2 unspecified atom stereocenters. The van der Waals surface area contributed by atoms with E-state index in [1.165, 1.54) is 0 Å². The molecule has 0 bridgehead atoms. The van der Waals surface area contributed by atoms with Crippen LogP contribution < -0.4 is 10.1 Å². The van der Waals surface area contributed by atoms with Crippen LogP contribution in [0.25, 0.3) is 0 Å². The highest BCUT2D eigenvalue weighted by Gasteiger charge is 2.28. The van der Waals surface area contributed by atoms with E-state index in [2.05, 4.69) is 5.32 Å². The van der Waals surface area contributed by atoms with Crippen LogP contribution in [0.15, 0.2) is 18.2 Å². The third kappa shape index (κ3) is 2.71. The van der Waals surface area contributed by atoms with Crippen molar-refractivity contribution in [3.8, 4) is 5.75 Å². The Morgan fingerprint density at radius 3 is 3.05 bits per heavy atom. The molecule has 1 aromatic rings. The Morgan fingerprint density at radius 1 is 1.48 bits per heavy atom. The van der Waals surface area contributed by atoms with Crippen molar-refractivity contribution < 1.29 is 19.4 Å². The van der Waals surface area contributed by atoms with Gasteiger partial charge in [-0.3, -0.25) is 9.59 Å². The van der Waals surface area contributed by atoms with Gasteiger partial charge in [0.25, 0.3) is 11.8 Å². The van der Waals surface area contributed by atoms with Crippen molar-refractivity contribution in [3.63, 3.8) is 0 Å². The number of nitrogens with zero attached hydrogens (tertiary/aromatic N) is 1. The van der Waals surface area contributed by atoms with Gasteiger partial charge in [-0.15, -0.1) is 0 Å². The Balaban J connectivity index is 1.78. The monoisotopic (exact) mass is 290 g/mol. The minimum atomic E-state index is -0.337. The average Bonchev–Trinajstić information content (AvgIpc) is 2.49. The predicted molar refractivity (Wildman–Crippen MR) is 76.3 cm³/mol. The van der Waals surface area contributed by atoms with Crippen LogP contribution in [0.3, 0.4) is 0 Å². The molecule has 21 heavy (non-hydrogen) atoms. The lowest BCUT2D eigenvalue weighted by Gasteiger charge is -2.34. The number of fused-ring (bicyclic) bond motifs is 1. The zero-order valence-corrected chi connectivity index (χ0v) is 11.8. The lowest BCUT2D eigenvalue weighted by molar-refractivity contribution is -0.118. The van der Waals surface area contributed by atoms with E-state index in [1.54, 1.807) is 23.1 Å². The first-order chi connectivity index (χ1) is 10.0. The summed E-state index contributed by atoms with van der Waals surface area (Å²) < 4.78 is 5.33. The molecule has 0 aromatic heterocycles. The van der Waals surface area contributed by atoms with Gasteiger partial charge in [-0.25, -0.2) is 0 Å². The SMILES string of the molecule is CC1CN(C(=O)c2ccc3c(c2)OCC(=O)N3)CCC1O. The summed E-state index contributed by atoms with van der Waals surface area (Å²) in [6, 6.07) is 5.03.